The third-order valence-corrected chi connectivity index (χ3v) is 2.41. The number of aryl methyl sites for hydroxylation is 1. The van der Waals surface area contributed by atoms with Crippen LogP contribution in [0.15, 0.2) is 18.2 Å². The zero-order valence-electron chi connectivity index (χ0n) is 8.53. The summed E-state index contributed by atoms with van der Waals surface area (Å²) in [7, 11) is 0. The Kier molecular flexibility index (Phi) is 2.55. The first-order valence-corrected chi connectivity index (χ1v) is 4.92. The molecule has 1 aliphatic carbocycles. The van der Waals surface area contributed by atoms with Crippen molar-refractivity contribution in [2.24, 2.45) is 11.7 Å². The largest absolute Gasteiger partial charge is 0.324 e. The molecule has 0 saturated heterocycles. The third-order valence-electron chi connectivity index (χ3n) is 2.41. The van der Waals surface area contributed by atoms with Gasteiger partial charge in [-0.15, -0.1) is 0 Å². The van der Waals surface area contributed by atoms with E-state index in [1.54, 1.807) is 6.07 Å². The van der Waals surface area contributed by atoms with Crippen molar-refractivity contribution in [2.75, 3.05) is 5.32 Å². The topological polar surface area (TPSA) is 83.8 Å². The zero-order valence-corrected chi connectivity index (χ0v) is 8.53. The van der Waals surface area contributed by atoms with Gasteiger partial charge in [-0.25, -0.2) is 0 Å². The van der Waals surface area contributed by atoms with Gasteiger partial charge >= 0.3 is 0 Å². The molecule has 5 nitrogen and oxygen atoms in total. The zero-order chi connectivity index (χ0) is 10.8. The number of aromatic amines is 1. The van der Waals surface area contributed by atoms with Gasteiger partial charge in [-0.3, -0.25) is 9.89 Å². The number of nitrogens with one attached hydrogen (secondary N) is 2. The summed E-state index contributed by atoms with van der Waals surface area (Å²) >= 11 is 0. The summed E-state index contributed by atoms with van der Waals surface area (Å²) in [5.41, 5.74) is 6.59. The van der Waals surface area contributed by atoms with Crippen LogP contribution >= 0.6 is 0 Å². The molecule has 1 heterocycles. The molecule has 1 aliphatic rings. The molecule has 2 atom stereocenters. The van der Waals surface area contributed by atoms with E-state index in [4.69, 9.17) is 5.73 Å². The van der Waals surface area contributed by atoms with Crippen LogP contribution in [-0.4, -0.2) is 22.1 Å². The molecule has 1 aromatic heterocycles. The monoisotopic (exact) mass is 206 g/mol. The first-order chi connectivity index (χ1) is 7.15. The number of anilines is 1. The number of hydrogen-bond donors (Lipinski definition) is 3. The van der Waals surface area contributed by atoms with Crippen molar-refractivity contribution >= 4 is 11.7 Å². The summed E-state index contributed by atoms with van der Waals surface area (Å²) in [6, 6.07) is 1.79. The van der Waals surface area contributed by atoms with Crippen molar-refractivity contribution < 1.29 is 4.79 Å². The van der Waals surface area contributed by atoms with Gasteiger partial charge in [0.05, 0.1) is 5.92 Å². The van der Waals surface area contributed by atoms with E-state index >= 15 is 0 Å². The second-order valence-electron chi connectivity index (χ2n) is 3.82. The van der Waals surface area contributed by atoms with E-state index in [0.717, 1.165) is 5.69 Å². The molecule has 0 aromatic carbocycles. The van der Waals surface area contributed by atoms with E-state index in [-0.39, 0.29) is 17.9 Å². The van der Waals surface area contributed by atoms with Crippen molar-refractivity contribution in [1.29, 1.82) is 0 Å². The summed E-state index contributed by atoms with van der Waals surface area (Å²) in [4.78, 5) is 11.7. The van der Waals surface area contributed by atoms with Gasteiger partial charge in [0.25, 0.3) is 0 Å². The fraction of sp³-hybridized carbons (Fsp3) is 0.400. The molecule has 0 spiro atoms. The average Bonchev–Trinajstić information content (AvgIpc) is 2.75. The lowest BCUT2D eigenvalue weighted by atomic mass is 10.1. The maximum atomic E-state index is 11.7. The number of hydrogen-bond acceptors (Lipinski definition) is 3. The smallest absolute Gasteiger partial charge is 0.232 e. The van der Waals surface area contributed by atoms with Gasteiger partial charge in [-0.2, -0.15) is 5.10 Å². The van der Waals surface area contributed by atoms with Gasteiger partial charge in [-0.1, -0.05) is 12.2 Å². The van der Waals surface area contributed by atoms with Gasteiger partial charge in [0, 0.05) is 17.8 Å². The number of H-pyrrole nitrogens is 1. The molecular formula is C10H14N4O. The van der Waals surface area contributed by atoms with E-state index in [1.165, 1.54) is 0 Å². The van der Waals surface area contributed by atoms with E-state index in [1.807, 2.05) is 19.1 Å². The van der Waals surface area contributed by atoms with Crippen molar-refractivity contribution in [2.45, 2.75) is 19.4 Å². The highest BCUT2D eigenvalue weighted by Crippen LogP contribution is 2.18. The quantitative estimate of drug-likeness (QED) is 0.618. The lowest BCUT2D eigenvalue weighted by molar-refractivity contribution is -0.118. The average molecular weight is 206 g/mol. The van der Waals surface area contributed by atoms with Crippen molar-refractivity contribution in [1.82, 2.24) is 10.2 Å². The molecule has 2 rings (SSSR count). The Morgan fingerprint density at radius 2 is 2.47 bits per heavy atom. The maximum absolute atomic E-state index is 11.7. The van der Waals surface area contributed by atoms with Crippen molar-refractivity contribution in [3.05, 3.63) is 23.9 Å². The Labute approximate surface area is 87.7 Å². The molecule has 4 N–H and O–H groups in total. The fourth-order valence-corrected chi connectivity index (χ4v) is 1.62. The molecule has 80 valence electrons. The minimum Gasteiger partial charge on any atom is -0.324 e. The van der Waals surface area contributed by atoms with Crippen LogP contribution in [-0.2, 0) is 4.79 Å². The van der Waals surface area contributed by atoms with E-state index in [9.17, 15) is 4.79 Å². The number of nitrogens with zero attached hydrogens (tertiary/aromatic N) is 1. The van der Waals surface area contributed by atoms with Gasteiger partial charge in [0.2, 0.25) is 5.91 Å². The molecule has 5 heteroatoms. The minimum absolute atomic E-state index is 0.00155. The van der Waals surface area contributed by atoms with E-state index in [0.29, 0.717) is 12.2 Å². The third kappa shape index (κ3) is 2.24. The van der Waals surface area contributed by atoms with Gasteiger partial charge < -0.3 is 11.1 Å². The van der Waals surface area contributed by atoms with E-state index < -0.39 is 0 Å². The van der Waals surface area contributed by atoms with Crippen LogP contribution < -0.4 is 11.1 Å². The van der Waals surface area contributed by atoms with Crippen LogP contribution in [0.25, 0.3) is 0 Å². The van der Waals surface area contributed by atoms with E-state index in [2.05, 4.69) is 15.5 Å². The Morgan fingerprint density at radius 3 is 3.00 bits per heavy atom. The lowest BCUT2D eigenvalue weighted by Crippen LogP contribution is -2.24. The Balaban J connectivity index is 1.96. The van der Waals surface area contributed by atoms with Gasteiger partial charge in [-0.05, 0) is 13.3 Å². The molecular weight excluding hydrogens is 192 g/mol. The number of carbonyl (C=O) groups excluding carboxylic acids is 1. The molecule has 15 heavy (non-hydrogen) atoms. The predicted molar refractivity (Wildman–Crippen MR) is 57.2 cm³/mol. The first-order valence-electron chi connectivity index (χ1n) is 4.92. The number of rotatable bonds is 2. The summed E-state index contributed by atoms with van der Waals surface area (Å²) < 4.78 is 0. The summed E-state index contributed by atoms with van der Waals surface area (Å²) in [5.74, 6) is 0.383. The van der Waals surface area contributed by atoms with Gasteiger partial charge in [0.15, 0.2) is 5.82 Å². The van der Waals surface area contributed by atoms with Crippen LogP contribution in [0.3, 0.4) is 0 Å². The molecule has 1 amide bonds. The molecule has 1 aromatic rings. The Morgan fingerprint density at radius 1 is 1.67 bits per heavy atom. The number of nitrogens with two attached hydrogens (primary N) is 1. The summed E-state index contributed by atoms with van der Waals surface area (Å²) in [6.45, 7) is 1.88. The van der Waals surface area contributed by atoms with Gasteiger partial charge in [0.1, 0.15) is 0 Å². The predicted octanol–water partition coefficient (Wildman–Crippen LogP) is 0.560. The highest BCUT2D eigenvalue weighted by Gasteiger charge is 2.22. The normalized spacial score (nSPS) is 24.4. The van der Waals surface area contributed by atoms with Crippen LogP contribution in [0, 0.1) is 12.8 Å². The van der Waals surface area contributed by atoms with Crippen molar-refractivity contribution in [3.8, 4) is 0 Å². The standard InChI is InChI=1S/C10H14N4O/c1-6-4-9(14-13-6)12-10(15)7-2-3-8(11)5-7/h2-4,7-8H,5,11H2,1H3,(H2,12,13,14,15). The maximum Gasteiger partial charge on any atom is 0.232 e. The SMILES string of the molecule is Cc1cc(NC(=O)C2C=CC(N)C2)n[nH]1. The second-order valence-corrected chi connectivity index (χ2v) is 3.82. The number of carbonyl (C=O) groups is 1. The van der Waals surface area contributed by atoms with Crippen LogP contribution in [0.4, 0.5) is 5.82 Å². The molecule has 0 aliphatic heterocycles. The van der Waals surface area contributed by atoms with Crippen LogP contribution in [0.1, 0.15) is 12.1 Å². The highest BCUT2D eigenvalue weighted by molar-refractivity contribution is 5.93. The number of aromatic nitrogens is 2. The molecule has 2 unspecified atom stereocenters. The molecule has 0 bridgehead atoms. The van der Waals surface area contributed by atoms with Crippen LogP contribution in [0.5, 0.6) is 0 Å². The first kappa shape index (κ1) is 9.92. The summed E-state index contributed by atoms with van der Waals surface area (Å²) in [6.07, 6.45) is 4.38. The fourth-order valence-electron chi connectivity index (χ4n) is 1.62. The second kappa shape index (κ2) is 3.86. The van der Waals surface area contributed by atoms with Crippen LogP contribution in [0.2, 0.25) is 0 Å². The molecule has 0 radical (unpaired) electrons. The number of amides is 1. The molecule has 0 fully saturated rings. The minimum atomic E-state index is -0.128. The lowest BCUT2D eigenvalue weighted by Gasteiger charge is -2.07. The Bertz CT molecular complexity index is 396. The summed E-state index contributed by atoms with van der Waals surface area (Å²) in [5, 5.41) is 9.44. The van der Waals surface area contributed by atoms with Crippen molar-refractivity contribution in [3.63, 3.8) is 0 Å². The Hall–Kier alpha value is -1.62. The highest BCUT2D eigenvalue weighted by atomic mass is 16.1. The molecule has 0 saturated carbocycles.